The molecule has 1 aromatic carbocycles. The molecule has 0 radical (unpaired) electrons. The molecular weight excluding hydrogens is 388 g/mol. The quantitative estimate of drug-likeness (QED) is 0.755. The van der Waals surface area contributed by atoms with Crippen LogP contribution >= 0.6 is 23.6 Å². The maximum atomic E-state index is 5.67. The molecule has 2 aromatic rings. The molecule has 0 bridgehead atoms. The molecule has 2 aliphatic rings. The Labute approximate surface area is 176 Å². The Morgan fingerprint density at radius 1 is 1.18 bits per heavy atom. The second kappa shape index (κ2) is 9.09. The van der Waals surface area contributed by atoms with Gasteiger partial charge in [0, 0.05) is 43.2 Å². The Kier molecular flexibility index (Phi) is 6.32. The van der Waals surface area contributed by atoms with Gasteiger partial charge in [-0.1, -0.05) is 31.4 Å². The van der Waals surface area contributed by atoms with Gasteiger partial charge < -0.3 is 19.9 Å². The molecule has 2 heterocycles. The van der Waals surface area contributed by atoms with Gasteiger partial charge in [-0.05, 0) is 37.2 Å². The second-order valence-electron chi connectivity index (χ2n) is 7.51. The van der Waals surface area contributed by atoms with Crippen molar-refractivity contribution in [3.8, 4) is 17.0 Å². The Morgan fingerprint density at radius 2 is 1.96 bits per heavy atom. The zero-order valence-electron chi connectivity index (χ0n) is 16.4. The molecule has 7 heteroatoms. The molecule has 4 rings (SSSR count). The molecule has 5 nitrogen and oxygen atoms in total. The van der Waals surface area contributed by atoms with Crippen molar-refractivity contribution < 1.29 is 4.74 Å². The van der Waals surface area contributed by atoms with Gasteiger partial charge in [0.15, 0.2) is 10.2 Å². The average Bonchev–Trinajstić information content (AvgIpc) is 3.25. The van der Waals surface area contributed by atoms with E-state index in [1.165, 1.54) is 32.1 Å². The van der Waals surface area contributed by atoms with Crippen LogP contribution in [0.3, 0.4) is 0 Å². The summed E-state index contributed by atoms with van der Waals surface area (Å²) in [5.41, 5.74) is 2.11. The molecule has 1 aromatic heterocycles. The predicted octanol–water partition coefficient (Wildman–Crippen LogP) is 4.15. The predicted molar refractivity (Wildman–Crippen MR) is 120 cm³/mol. The van der Waals surface area contributed by atoms with Crippen LogP contribution in [0.1, 0.15) is 32.1 Å². The number of thiazole rings is 1. The number of rotatable bonds is 4. The van der Waals surface area contributed by atoms with E-state index in [0.717, 1.165) is 53.4 Å². The van der Waals surface area contributed by atoms with E-state index < -0.39 is 0 Å². The molecule has 1 aliphatic heterocycles. The summed E-state index contributed by atoms with van der Waals surface area (Å²) in [7, 11) is 1.69. The van der Waals surface area contributed by atoms with Gasteiger partial charge in [0.05, 0.1) is 12.8 Å². The van der Waals surface area contributed by atoms with Gasteiger partial charge in [0.1, 0.15) is 5.75 Å². The highest BCUT2D eigenvalue weighted by Crippen LogP contribution is 2.30. The van der Waals surface area contributed by atoms with E-state index >= 15 is 0 Å². The minimum absolute atomic E-state index is 0.573. The number of hydrogen-bond acceptors (Lipinski definition) is 5. The smallest absolute Gasteiger partial charge is 0.185 e. The number of hydrogen-bond donors (Lipinski definition) is 1. The van der Waals surface area contributed by atoms with Crippen molar-refractivity contribution in [2.75, 3.05) is 38.2 Å². The normalized spacial score (nSPS) is 18.2. The molecule has 1 aliphatic carbocycles. The van der Waals surface area contributed by atoms with Crippen molar-refractivity contribution in [2.24, 2.45) is 0 Å². The Hall–Kier alpha value is -1.86. The summed E-state index contributed by atoms with van der Waals surface area (Å²) in [6.07, 6.45) is 6.54. The van der Waals surface area contributed by atoms with Gasteiger partial charge in [0.2, 0.25) is 0 Å². The van der Waals surface area contributed by atoms with Crippen LogP contribution in [0.5, 0.6) is 5.75 Å². The van der Waals surface area contributed by atoms with Gasteiger partial charge in [-0.3, -0.25) is 0 Å². The van der Waals surface area contributed by atoms with E-state index in [4.69, 9.17) is 21.9 Å². The highest BCUT2D eigenvalue weighted by Gasteiger charge is 2.23. The highest BCUT2D eigenvalue weighted by atomic mass is 32.1. The van der Waals surface area contributed by atoms with Crippen LogP contribution in [-0.2, 0) is 0 Å². The lowest BCUT2D eigenvalue weighted by Crippen LogP contribution is -2.53. The first-order valence-electron chi connectivity index (χ1n) is 10.1. The minimum Gasteiger partial charge on any atom is -0.497 e. The average molecular weight is 417 g/mol. The van der Waals surface area contributed by atoms with E-state index in [-0.39, 0.29) is 0 Å². The summed E-state index contributed by atoms with van der Waals surface area (Å²) in [5.74, 6) is 0.861. The number of nitrogens with zero attached hydrogens (tertiary/aromatic N) is 3. The fraction of sp³-hybridized carbons (Fsp3) is 0.524. The Morgan fingerprint density at radius 3 is 2.71 bits per heavy atom. The minimum atomic E-state index is 0.573. The van der Waals surface area contributed by atoms with Gasteiger partial charge in [-0.2, -0.15) is 0 Å². The number of anilines is 1. The van der Waals surface area contributed by atoms with Crippen molar-refractivity contribution in [3.63, 3.8) is 0 Å². The largest absolute Gasteiger partial charge is 0.497 e. The van der Waals surface area contributed by atoms with Crippen LogP contribution in [0.15, 0.2) is 29.6 Å². The highest BCUT2D eigenvalue weighted by molar-refractivity contribution is 7.80. The van der Waals surface area contributed by atoms with Crippen LogP contribution < -0.4 is 15.0 Å². The summed E-state index contributed by atoms with van der Waals surface area (Å²) in [4.78, 5) is 9.55. The zero-order valence-corrected chi connectivity index (χ0v) is 18.0. The first-order valence-corrected chi connectivity index (χ1v) is 11.4. The third kappa shape index (κ3) is 4.58. The molecule has 1 saturated carbocycles. The molecular formula is C21H28N4OS2. The third-order valence-electron chi connectivity index (χ3n) is 5.63. The molecule has 0 amide bonds. The van der Waals surface area contributed by atoms with Gasteiger partial charge >= 0.3 is 0 Å². The fourth-order valence-corrected chi connectivity index (χ4v) is 5.18. The summed E-state index contributed by atoms with van der Waals surface area (Å²) >= 11 is 7.38. The molecule has 1 N–H and O–H groups in total. The summed E-state index contributed by atoms with van der Waals surface area (Å²) in [6.45, 7) is 3.81. The van der Waals surface area contributed by atoms with E-state index in [2.05, 4.69) is 26.6 Å². The monoisotopic (exact) mass is 416 g/mol. The number of ether oxygens (including phenoxy) is 1. The van der Waals surface area contributed by atoms with Crippen LogP contribution in [0.4, 0.5) is 5.13 Å². The lowest BCUT2D eigenvalue weighted by molar-refractivity contribution is 0.355. The lowest BCUT2D eigenvalue weighted by Gasteiger charge is -2.37. The van der Waals surface area contributed by atoms with Crippen molar-refractivity contribution in [1.29, 1.82) is 0 Å². The molecule has 0 spiro atoms. The topological polar surface area (TPSA) is 40.6 Å². The van der Waals surface area contributed by atoms with Crippen LogP contribution in [0.2, 0.25) is 0 Å². The van der Waals surface area contributed by atoms with Crippen LogP contribution in [0.25, 0.3) is 11.3 Å². The Balaban J connectivity index is 1.32. The summed E-state index contributed by atoms with van der Waals surface area (Å²) in [6, 6.07) is 8.65. The lowest BCUT2D eigenvalue weighted by atomic mass is 9.96. The number of aromatic nitrogens is 1. The molecule has 0 unspecified atom stereocenters. The number of piperazine rings is 1. The van der Waals surface area contributed by atoms with E-state index in [0.29, 0.717) is 6.04 Å². The maximum Gasteiger partial charge on any atom is 0.185 e. The fourth-order valence-electron chi connectivity index (χ4n) is 3.94. The molecule has 2 fully saturated rings. The Bertz CT molecular complexity index is 795. The second-order valence-corrected chi connectivity index (χ2v) is 8.73. The maximum absolute atomic E-state index is 5.67. The van der Waals surface area contributed by atoms with Crippen LogP contribution in [-0.4, -0.2) is 54.3 Å². The number of thiocarbonyl (C=S) groups is 1. The van der Waals surface area contributed by atoms with Gasteiger partial charge in [0.25, 0.3) is 0 Å². The summed E-state index contributed by atoms with van der Waals surface area (Å²) in [5, 5.41) is 7.74. The number of nitrogens with one attached hydrogen (secondary N) is 1. The summed E-state index contributed by atoms with van der Waals surface area (Å²) < 4.78 is 5.33. The molecule has 150 valence electrons. The van der Waals surface area contributed by atoms with Crippen molar-refractivity contribution >= 4 is 33.8 Å². The molecule has 28 heavy (non-hydrogen) atoms. The molecule has 1 saturated heterocycles. The first-order chi connectivity index (χ1) is 13.7. The number of methoxy groups -OCH3 is 1. The van der Waals surface area contributed by atoms with Crippen molar-refractivity contribution in [1.82, 2.24) is 15.2 Å². The van der Waals surface area contributed by atoms with Gasteiger partial charge in [-0.25, -0.2) is 4.98 Å². The number of benzene rings is 1. The van der Waals surface area contributed by atoms with Crippen molar-refractivity contribution in [2.45, 2.75) is 38.1 Å². The molecule has 0 atom stereocenters. The first kappa shape index (κ1) is 19.5. The zero-order chi connectivity index (χ0) is 19.3. The van der Waals surface area contributed by atoms with E-state index in [9.17, 15) is 0 Å². The standard InChI is InChI=1S/C21H28N4OS2/c1-26-18-9-5-6-16(14-18)19-15-28-21(23-19)25-12-10-24(11-13-25)20(27)22-17-7-3-2-4-8-17/h5-6,9,14-15,17H,2-4,7-8,10-13H2,1H3,(H,22,27). The van der Waals surface area contributed by atoms with Crippen LogP contribution in [0, 0.1) is 0 Å². The van der Waals surface area contributed by atoms with Gasteiger partial charge in [-0.15, -0.1) is 11.3 Å². The van der Waals surface area contributed by atoms with E-state index in [1.807, 2.05) is 18.2 Å². The third-order valence-corrected chi connectivity index (χ3v) is 6.91. The van der Waals surface area contributed by atoms with E-state index in [1.54, 1.807) is 18.4 Å². The van der Waals surface area contributed by atoms with Crippen molar-refractivity contribution in [3.05, 3.63) is 29.6 Å². The SMILES string of the molecule is COc1cccc(-c2csc(N3CCN(C(=S)NC4CCCCC4)CC3)n2)c1.